The van der Waals surface area contributed by atoms with E-state index in [4.69, 9.17) is 0 Å². The number of hydrogen-bond donors (Lipinski definition) is 1. The zero-order valence-corrected chi connectivity index (χ0v) is 15.0. The Labute approximate surface area is 138 Å². The third-order valence-electron chi connectivity index (χ3n) is 3.42. The van der Waals surface area contributed by atoms with Crippen molar-refractivity contribution in [3.05, 3.63) is 68.1 Å². The van der Waals surface area contributed by atoms with E-state index in [-0.39, 0.29) is 6.04 Å². The SMILES string of the molecule is CCCNC(c1ccc(Br)cc1)c1cccc(Br)c1C. The number of nitrogens with one attached hydrogen (secondary N) is 1. The highest BCUT2D eigenvalue weighted by molar-refractivity contribution is 9.10. The summed E-state index contributed by atoms with van der Waals surface area (Å²) in [6.45, 7) is 5.37. The minimum absolute atomic E-state index is 0.237. The van der Waals surface area contributed by atoms with Crippen molar-refractivity contribution in [2.24, 2.45) is 0 Å². The molecule has 0 fully saturated rings. The molecule has 2 aromatic carbocycles. The average Bonchev–Trinajstić information content (AvgIpc) is 2.45. The summed E-state index contributed by atoms with van der Waals surface area (Å²) in [5, 5.41) is 3.65. The molecule has 3 heteroatoms. The van der Waals surface area contributed by atoms with Gasteiger partial charge in [-0.25, -0.2) is 0 Å². The zero-order chi connectivity index (χ0) is 14.5. The first kappa shape index (κ1) is 15.7. The molecule has 106 valence electrons. The fourth-order valence-electron chi connectivity index (χ4n) is 2.29. The van der Waals surface area contributed by atoms with Crippen LogP contribution in [0.2, 0.25) is 0 Å². The molecule has 1 N–H and O–H groups in total. The molecular weight excluding hydrogens is 378 g/mol. The molecule has 1 nitrogen and oxygen atoms in total. The van der Waals surface area contributed by atoms with Gasteiger partial charge in [0.05, 0.1) is 6.04 Å². The van der Waals surface area contributed by atoms with Gasteiger partial charge in [-0.1, -0.05) is 63.0 Å². The number of halogens is 2. The quantitative estimate of drug-likeness (QED) is 0.692. The molecule has 2 rings (SSSR count). The Morgan fingerprint density at radius 1 is 1.05 bits per heavy atom. The maximum Gasteiger partial charge on any atom is 0.0579 e. The van der Waals surface area contributed by atoms with Crippen LogP contribution in [0, 0.1) is 6.92 Å². The molecule has 1 atom stereocenters. The summed E-state index contributed by atoms with van der Waals surface area (Å²) < 4.78 is 2.27. The summed E-state index contributed by atoms with van der Waals surface area (Å²) >= 11 is 7.13. The lowest BCUT2D eigenvalue weighted by Crippen LogP contribution is -2.24. The van der Waals surface area contributed by atoms with Gasteiger partial charge in [0.2, 0.25) is 0 Å². The summed E-state index contributed by atoms with van der Waals surface area (Å²) in [5.74, 6) is 0. The Morgan fingerprint density at radius 2 is 1.75 bits per heavy atom. The monoisotopic (exact) mass is 395 g/mol. The molecule has 0 aromatic heterocycles. The fraction of sp³-hybridized carbons (Fsp3) is 0.294. The Bertz CT molecular complexity index is 564. The largest absolute Gasteiger partial charge is 0.306 e. The second kappa shape index (κ2) is 7.39. The third-order valence-corrected chi connectivity index (χ3v) is 4.81. The molecular formula is C17H19Br2N. The second-order valence-electron chi connectivity index (χ2n) is 4.89. The van der Waals surface area contributed by atoms with Crippen LogP contribution in [0.4, 0.5) is 0 Å². The molecule has 0 aliphatic carbocycles. The van der Waals surface area contributed by atoms with Crippen LogP contribution in [0.3, 0.4) is 0 Å². The van der Waals surface area contributed by atoms with Crippen LogP contribution in [-0.2, 0) is 0 Å². The smallest absolute Gasteiger partial charge is 0.0579 e. The predicted molar refractivity (Wildman–Crippen MR) is 93.2 cm³/mol. The van der Waals surface area contributed by atoms with Crippen molar-refractivity contribution in [2.75, 3.05) is 6.54 Å². The van der Waals surface area contributed by atoms with Gasteiger partial charge in [0.1, 0.15) is 0 Å². The van der Waals surface area contributed by atoms with Crippen LogP contribution < -0.4 is 5.32 Å². The molecule has 0 bridgehead atoms. The van der Waals surface area contributed by atoms with Crippen LogP contribution in [0.25, 0.3) is 0 Å². The van der Waals surface area contributed by atoms with E-state index in [1.54, 1.807) is 0 Å². The molecule has 0 amide bonds. The summed E-state index contributed by atoms with van der Waals surface area (Å²) in [7, 11) is 0. The molecule has 2 aromatic rings. The maximum atomic E-state index is 3.65. The number of hydrogen-bond acceptors (Lipinski definition) is 1. The molecule has 0 radical (unpaired) electrons. The van der Waals surface area contributed by atoms with E-state index in [9.17, 15) is 0 Å². The molecule has 1 unspecified atom stereocenters. The zero-order valence-electron chi connectivity index (χ0n) is 11.8. The van der Waals surface area contributed by atoms with Gasteiger partial charge >= 0.3 is 0 Å². The number of benzene rings is 2. The van der Waals surface area contributed by atoms with E-state index in [0.717, 1.165) is 21.9 Å². The van der Waals surface area contributed by atoms with Crippen molar-refractivity contribution in [2.45, 2.75) is 26.3 Å². The van der Waals surface area contributed by atoms with Gasteiger partial charge in [0, 0.05) is 8.95 Å². The van der Waals surface area contributed by atoms with Gasteiger partial charge in [0.15, 0.2) is 0 Å². The first-order chi connectivity index (χ1) is 9.63. The van der Waals surface area contributed by atoms with Crippen molar-refractivity contribution >= 4 is 31.9 Å². The highest BCUT2D eigenvalue weighted by Crippen LogP contribution is 2.29. The highest BCUT2D eigenvalue weighted by atomic mass is 79.9. The first-order valence-corrected chi connectivity index (χ1v) is 8.46. The van der Waals surface area contributed by atoms with Crippen molar-refractivity contribution in [1.82, 2.24) is 5.32 Å². The van der Waals surface area contributed by atoms with Crippen LogP contribution in [0.5, 0.6) is 0 Å². The van der Waals surface area contributed by atoms with Gasteiger partial charge < -0.3 is 5.32 Å². The topological polar surface area (TPSA) is 12.0 Å². The van der Waals surface area contributed by atoms with E-state index in [1.807, 2.05) is 0 Å². The highest BCUT2D eigenvalue weighted by Gasteiger charge is 2.16. The lowest BCUT2D eigenvalue weighted by Gasteiger charge is -2.22. The molecule has 20 heavy (non-hydrogen) atoms. The maximum absolute atomic E-state index is 3.65. The Morgan fingerprint density at radius 3 is 2.40 bits per heavy atom. The van der Waals surface area contributed by atoms with E-state index in [1.165, 1.54) is 16.7 Å². The Balaban J connectivity index is 2.41. The van der Waals surface area contributed by atoms with Gasteiger partial charge in [-0.05, 0) is 54.8 Å². The minimum atomic E-state index is 0.237. The average molecular weight is 397 g/mol. The van der Waals surface area contributed by atoms with Crippen molar-refractivity contribution in [3.63, 3.8) is 0 Å². The van der Waals surface area contributed by atoms with Gasteiger partial charge in [-0.2, -0.15) is 0 Å². The van der Waals surface area contributed by atoms with Crippen molar-refractivity contribution in [3.8, 4) is 0 Å². The predicted octanol–water partition coefficient (Wildman–Crippen LogP) is 5.61. The molecule has 0 aliphatic rings. The molecule has 0 heterocycles. The summed E-state index contributed by atoms with van der Waals surface area (Å²) in [6, 6.07) is 15.2. The standard InChI is InChI=1S/C17H19Br2N/c1-3-11-20-17(13-7-9-14(18)10-8-13)15-5-4-6-16(19)12(15)2/h4-10,17,20H,3,11H2,1-2H3. The van der Waals surface area contributed by atoms with E-state index >= 15 is 0 Å². The van der Waals surface area contributed by atoms with Crippen LogP contribution in [-0.4, -0.2) is 6.54 Å². The minimum Gasteiger partial charge on any atom is -0.306 e. The lowest BCUT2D eigenvalue weighted by atomic mass is 9.95. The van der Waals surface area contributed by atoms with E-state index in [0.29, 0.717) is 0 Å². The van der Waals surface area contributed by atoms with Gasteiger partial charge in [-0.15, -0.1) is 0 Å². The summed E-state index contributed by atoms with van der Waals surface area (Å²) in [6.07, 6.45) is 1.13. The number of rotatable bonds is 5. The molecule has 0 aliphatic heterocycles. The molecule has 0 saturated heterocycles. The lowest BCUT2D eigenvalue weighted by molar-refractivity contribution is 0.596. The van der Waals surface area contributed by atoms with E-state index in [2.05, 4.69) is 93.5 Å². The molecule has 0 spiro atoms. The third kappa shape index (κ3) is 3.72. The van der Waals surface area contributed by atoms with Crippen LogP contribution in [0.15, 0.2) is 51.4 Å². The van der Waals surface area contributed by atoms with Gasteiger partial charge in [0.25, 0.3) is 0 Å². The van der Waals surface area contributed by atoms with Crippen molar-refractivity contribution < 1.29 is 0 Å². The first-order valence-electron chi connectivity index (χ1n) is 6.87. The molecule has 0 saturated carbocycles. The summed E-state index contributed by atoms with van der Waals surface area (Å²) in [4.78, 5) is 0. The summed E-state index contributed by atoms with van der Waals surface area (Å²) in [5.41, 5.74) is 3.92. The van der Waals surface area contributed by atoms with E-state index < -0.39 is 0 Å². The Hall–Kier alpha value is -0.640. The van der Waals surface area contributed by atoms with Crippen molar-refractivity contribution in [1.29, 1.82) is 0 Å². The van der Waals surface area contributed by atoms with Crippen LogP contribution >= 0.6 is 31.9 Å². The second-order valence-corrected chi connectivity index (χ2v) is 6.66. The fourth-order valence-corrected chi connectivity index (χ4v) is 2.93. The Kier molecular flexibility index (Phi) is 5.82. The van der Waals surface area contributed by atoms with Gasteiger partial charge in [-0.3, -0.25) is 0 Å². The normalized spacial score (nSPS) is 12.4. The van der Waals surface area contributed by atoms with Crippen LogP contribution in [0.1, 0.15) is 36.1 Å².